The van der Waals surface area contributed by atoms with Crippen molar-refractivity contribution in [3.63, 3.8) is 0 Å². The highest BCUT2D eigenvalue weighted by atomic mass is 14.0. The lowest BCUT2D eigenvalue weighted by Gasteiger charge is -2.04. The van der Waals surface area contributed by atoms with E-state index in [4.69, 9.17) is 12.3 Å². The minimum absolute atomic E-state index is 0.0988. The van der Waals surface area contributed by atoms with E-state index >= 15 is 0 Å². The standard InChI is InChI=1S/C18H14/c1-3-7-15(8-4-1)17-11-13-18(14-12-17)16-9-5-2-6-10-16/h1-14H/i1D,3D,4D,7D,8D,11D,12D,13D,14D. The maximum atomic E-state index is 8.32. The van der Waals surface area contributed by atoms with Crippen molar-refractivity contribution >= 4 is 0 Å². The highest BCUT2D eigenvalue weighted by Crippen LogP contribution is 2.24. The summed E-state index contributed by atoms with van der Waals surface area (Å²) in [5, 5.41) is 0. The topological polar surface area (TPSA) is 0 Å². The van der Waals surface area contributed by atoms with Crippen molar-refractivity contribution in [2.75, 3.05) is 0 Å². The summed E-state index contributed by atoms with van der Waals surface area (Å²) in [7, 11) is 0. The summed E-state index contributed by atoms with van der Waals surface area (Å²) >= 11 is 0. The maximum absolute atomic E-state index is 8.32. The van der Waals surface area contributed by atoms with E-state index in [9.17, 15) is 0 Å². The third-order valence-corrected chi connectivity index (χ3v) is 2.44. The largest absolute Gasteiger partial charge is 0.0629 e. The molecule has 0 spiro atoms. The summed E-state index contributed by atoms with van der Waals surface area (Å²) in [4.78, 5) is 0. The summed E-state index contributed by atoms with van der Waals surface area (Å²) in [5.41, 5.74) is -0.0388. The lowest BCUT2D eigenvalue weighted by atomic mass is 10.0. The van der Waals surface area contributed by atoms with Crippen molar-refractivity contribution in [2.45, 2.75) is 0 Å². The molecule has 0 N–H and O–H groups in total. The minimum atomic E-state index is -0.588. The predicted octanol–water partition coefficient (Wildman–Crippen LogP) is 5.02. The SMILES string of the molecule is [2H]c1c([2H])c([2H])c(-c2c([2H])c([2H])c(-c3ccccc3)c([2H])c2[2H])c([2H])c1[2H]. The molecule has 3 aromatic rings. The van der Waals surface area contributed by atoms with Crippen LogP contribution in [0.15, 0.2) is 84.7 Å². The van der Waals surface area contributed by atoms with Crippen LogP contribution in [0.2, 0.25) is 0 Å². The van der Waals surface area contributed by atoms with E-state index in [1.54, 1.807) is 30.3 Å². The van der Waals surface area contributed by atoms with Crippen LogP contribution in [0, 0.1) is 0 Å². The van der Waals surface area contributed by atoms with Crippen molar-refractivity contribution in [1.82, 2.24) is 0 Å². The van der Waals surface area contributed by atoms with Crippen molar-refractivity contribution in [3.05, 3.63) is 84.7 Å². The monoisotopic (exact) mass is 239 g/mol. The normalized spacial score (nSPS) is 17.2. The van der Waals surface area contributed by atoms with Gasteiger partial charge in [0.2, 0.25) is 0 Å². The van der Waals surface area contributed by atoms with Gasteiger partial charge in [-0.2, -0.15) is 0 Å². The molecule has 0 atom stereocenters. The Morgan fingerprint density at radius 3 is 1.61 bits per heavy atom. The summed E-state index contributed by atoms with van der Waals surface area (Å²) < 4.78 is 72.6. The van der Waals surface area contributed by atoms with E-state index in [0.29, 0.717) is 5.56 Å². The summed E-state index contributed by atoms with van der Waals surface area (Å²) in [6, 6.07) is 4.08. The van der Waals surface area contributed by atoms with Crippen LogP contribution in [0.3, 0.4) is 0 Å². The van der Waals surface area contributed by atoms with Crippen LogP contribution in [0.4, 0.5) is 0 Å². The molecule has 0 aromatic heterocycles. The van der Waals surface area contributed by atoms with Crippen molar-refractivity contribution < 1.29 is 12.3 Å². The predicted molar refractivity (Wildman–Crippen MR) is 77.3 cm³/mol. The first-order valence-corrected chi connectivity index (χ1v) is 5.41. The second kappa shape index (κ2) is 4.89. The molecule has 0 amide bonds. The Bertz CT molecular complexity index is 1000. The highest BCUT2D eigenvalue weighted by Gasteiger charge is 1.98. The molecule has 0 saturated heterocycles. The second-order valence-electron chi connectivity index (χ2n) is 3.62. The molecule has 0 radical (unpaired) electrons. The van der Waals surface area contributed by atoms with Gasteiger partial charge in [-0.15, -0.1) is 0 Å². The molecule has 3 aromatic carbocycles. The fourth-order valence-electron chi connectivity index (χ4n) is 1.56. The molecule has 86 valence electrons. The van der Waals surface area contributed by atoms with Crippen LogP contribution < -0.4 is 0 Å². The van der Waals surface area contributed by atoms with E-state index in [-0.39, 0.29) is 28.8 Å². The van der Waals surface area contributed by atoms with Crippen LogP contribution in [0.25, 0.3) is 22.3 Å². The Labute approximate surface area is 120 Å². The van der Waals surface area contributed by atoms with Gasteiger partial charge in [0.1, 0.15) is 0 Å². The Morgan fingerprint density at radius 1 is 0.500 bits per heavy atom. The Kier molecular flexibility index (Phi) is 1.29. The quantitative estimate of drug-likeness (QED) is 0.589. The molecule has 0 fully saturated rings. The third-order valence-electron chi connectivity index (χ3n) is 2.44. The van der Waals surface area contributed by atoms with E-state index in [2.05, 4.69) is 0 Å². The van der Waals surface area contributed by atoms with E-state index in [0.717, 1.165) is 0 Å². The van der Waals surface area contributed by atoms with Crippen LogP contribution in [0.5, 0.6) is 0 Å². The third kappa shape index (κ3) is 2.18. The molecule has 0 aliphatic heterocycles. The number of rotatable bonds is 2. The van der Waals surface area contributed by atoms with Gasteiger partial charge in [0.05, 0.1) is 12.3 Å². The van der Waals surface area contributed by atoms with Gasteiger partial charge in [0.15, 0.2) is 0 Å². The van der Waals surface area contributed by atoms with E-state index < -0.39 is 42.3 Å². The van der Waals surface area contributed by atoms with Gasteiger partial charge in [-0.05, 0) is 22.3 Å². The van der Waals surface area contributed by atoms with Crippen LogP contribution in [-0.4, -0.2) is 0 Å². The van der Waals surface area contributed by atoms with Gasteiger partial charge < -0.3 is 0 Å². The van der Waals surface area contributed by atoms with Gasteiger partial charge in [-0.1, -0.05) is 84.7 Å². The zero-order valence-corrected chi connectivity index (χ0v) is 9.39. The Balaban J connectivity index is 2.42. The smallest absolute Gasteiger partial charge is 0.0622 e. The molecule has 0 bridgehead atoms. The van der Waals surface area contributed by atoms with Crippen LogP contribution in [0.1, 0.15) is 12.3 Å². The lowest BCUT2D eigenvalue weighted by molar-refractivity contribution is 1.59. The molecule has 18 heavy (non-hydrogen) atoms. The minimum Gasteiger partial charge on any atom is -0.0622 e. The van der Waals surface area contributed by atoms with Crippen molar-refractivity contribution in [3.8, 4) is 22.3 Å². The average molecular weight is 239 g/mol. The maximum Gasteiger partial charge on any atom is 0.0629 e. The van der Waals surface area contributed by atoms with Crippen molar-refractivity contribution in [1.29, 1.82) is 0 Å². The molecule has 0 saturated carbocycles. The average Bonchev–Trinajstić information content (AvgIpc) is 2.67. The molecule has 0 heterocycles. The fourth-order valence-corrected chi connectivity index (χ4v) is 1.56. The Hall–Kier alpha value is -2.34. The molecule has 0 heteroatoms. The first kappa shape index (κ1) is 4.74. The van der Waals surface area contributed by atoms with Gasteiger partial charge in [-0.25, -0.2) is 0 Å². The summed E-state index contributed by atoms with van der Waals surface area (Å²) in [5.74, 6) is 0. The van der Waals surface area contributed by atoms with Gasteiger partial charge in [0.25, 0.3) is 0 Å². The Morgan fingerprint density at radius 2 is 1.00 bits per heavy atom. The summed E-state index contributed by atoms with van der Waals surface area (Å²) in [6.45, 7) is 0. The van der Waals surface area contributed by atoms with Gasteiger partial charge in [-0.3, -0.25) is 0 Å². The second-order valence-corrected chi connectivity index (χ2v) is 3.62. The van der Waals surface area contributed by atoms with E-state index in [1.165, 1.54) is 0 Å². The van der Waals surface area contributed by atoms with Crippen molar-refractivity contribution in [2.24, 2.45) is 0 Å². The molecule has 0 unspecified atom stereocenters. The zero-order chi connectivity index (χ0) is 20.0. The fraction of sp³-hybridized carbons (Fsp3) is 0. The van der Waals surface area contributed by atoms with Crippen LogP contribution in [-0.2, 0) is 0 Å². The van der Waals surface area contributed by atoms with Gasteiger partial charge in [0, 0.05) is 0 Å². The first-order chi connectivity index (χ1) is 12.7. The number of hydrogen-bond acceptors (Lipinski definition) is 0. The lowest BCUT2D eigenvalue weighted by Crippen LogP contribution is -1.79. The molecule has 0 aliphatic rings. The molecular formula is C18H14. The number of hydrogen-bond donors (Lipinski definition) is 0. The first-order valence-electron chi connectivity index (χ1n) is 9.91. The van der Waals surface area contributed by atoms with Gasteiger partial charge >= 0.3 is 0 Å². The molecule has 3 rings (SSSR count). The molecule has 0 nitrogen and oxygen atoms in total. The van der Waals surface area contributed by atoms with Crippen LogP contribution >= 0.6 is 0 Å². The zero-order valence-electron chi connectivity index (χ0n) is 18.4. The number of benzene rings is 3. The highest BCUT2D eigenvalue weighted by molar-refractivity contribution is 5.70. The summed E-state index contributed by atoms with van der Waals surface area (Å²) in [6.07, 6.45) is 0. The molecule has 0 aliphatic carbocycles. The van der Waals surface area contributed by atoms with E-state index in [1.807, 2.05) is 0 Å². The molecular weight excluding hydrogens is 216 g/mol.